The number of nitrogens with zero attached hydrogens (tertiary/aromatic N) is 1. The minimum atomic E-state index is -0.480. The molecule has 0 saturated heterocycles. The van der Waals surface area contributed by atoms with Gasteiger partial charge in [-0.1, -0.05) is 30.3 Å². The molecule has 0 aliphatic carbocycles. The fourth-order valence-corrected chi connectivity index (χ4v) is 1.54. The highest BCUT2D eigenvalue weighted by Gasteiger charge is 2.07. The molecule has 0 amide bonds. The Morgan fingerprint density at radius 1 is 1.20 bits per heavy atom. The van der Waals surface area contributed by atoms with Crippen LogP contribution in [0.1, 0.15) is 11.3 Å². The molecule has 0 fully saturated rings. The maximum atomic E-state index is 11.5. The van der Waals surface area contributed by atoms with Crippen LogP contribution in [0.4, 0.5) is 0 Å². The van der Waals surface area contributed by atoms with Crippen molar-refractivity contribution in [2.45, 2.75) is 13.5 Å². The van der Waals surface area contributed by atoms with Crippen LogP contribution in [0, 0.1) is 12.1 Å². The summed E-state index contributed by atoms with van der Waals surface area (Å²) in [5.74, 6) is -0.144. The van der Waals surface area contributed by atoms with Gasteiger partial charge in [0.05, 0.1) is 0 Å². The van der Waals surface area contributed by atoms with E-state index in [2.05, 4.69) is 0 Å². The first kappa shape index (κ1) is 13.9. The molecule has 0 bridgehead atoms. The van der Waals surface area contributed by atoms with Crippen LogP contribution in [0.15, 0.2) is 48.7 Å². The molecule has 5 nitrogen and oxygen atoms in total. The van der Waals surface area contributed by atoms with Crippen LogP contribution in [0.3, 0.4) is 0 Å². The number of aromatic nitrogens is 1. The van der Waals surface area contributed by atoms with E-state index < -0.39 is 5.97 Å². The molecule has 0 unspecified atom stereocenters. The summed E-state index contributed by atoms with van der Waals surface area (Å²) < 4.78 is 10.9. The van der Waals surface area contributed by atoms with Crippen molar-refractivity contribution < 1.29 is 19.0 Å². The van der Waals surface area contributed by atoms with Gasteiger partial charge in [-0.05, 0) is 11.6 Å². The van der Waals surface area contributed by atoms with Crippen molar-refractivity contribution in [1.29, 1.82) is 0 Å². The Kier molecular flexibility index (Phi) is 4.55. The number of esters is 1. The van der Waals surface area contributed by atoms with Gasteiger partial charge in [0.2, 0.25) is 6.20 Å². The third-order valence-corrected chi connectivity index (χ3v) is 2.68. The van der Waals surface area contributed by atoms with Gasteiger partial charge in [-0.2, -0.15) is 4.73 Å². The van der Waals surface area contributed by atoms with E-state index in [1.165, 1.54) is 6.20 Å². The lowest BCUT2D eigenvalue weighted by Crippen LogP contribution is -2.29. The quantitative estimate of drug-likeness (QED) is 0.473. The zero-order valence-electron chi connectivity index (χ0n) is 11.1. The maximum Gasteiger partial charge on any atom is 0.344 e. The molecule has 0 radical (unpaired) electrons. The van der Waals surface area contributed by atoms with Gasteiger partial charge in [0.25, 0.3) is 0 Å². The van der Waals surface area contributed by atoms with Crippen molar-refractivity contribution in [3.05, 3.63) is 65.1 Å². The van der Waals surface area contributed by atoms with E-state index in [0.29, 0.717) is 16.2 Å². The Balaban J connectivity index is 1.79. The van der Waals surface area contributed by atoms with Gasteiger partial charge in [0, 0.05) is 13.0 Å². The Morgan fingerprint density at radius 2 is 1.95 bits per heavy atom. The lowest BCUT2D eigenvalue weighted by molar-refractivity contribution is -0.612. The standard InChI is InChI=1S/C15H15NO4/c1-12-7-8-14(9-16(12)18)19-11-15(17)20-10-13-5-3-2-4-6-13/h2-9H,10-11H2,1H3. The van der Waals surface area contributed by atoms with E-state index >= 15 is 0 Å². The second-order valence-corrected chi connectivity index (χ2v) is 4.27. The third kappa shape index (κ3) is 3.98. The van der Waals surface area contributed by atoms with E-state index in [1.54, 1.807) is 19.1 Å². The highest BCUT2D eigenvalue weighted by atomic mass is 16.6. The molecule has 5 heteroatoms. The molecule has 2 rings (SSSR count). The van der Waals surface area contributed by atoms with Crippen molar-refractivity contribution in [3.63, 3.8) is 0 Å². The van der Waals surface area contributed by atoms with Gasteiger partial charge in [0.1, 0.15) is 6.61 Å². The number of benzene rings is 1. The molecule has 0 atom stereocenters. The van der Waals surface area contributed by atoms with Crippen molar-refractivity contribution in [1.82, 2.24) is 0 Å². The van der Waals surface area contributed by atoms with Gasteiger partial charge in [0.15, 0.2) is 18.1 Å². The summed E-state index contributed by atoms with van der Waals surface area (Å²) in [4.78, 5) is 11.5. The molecule has 2 aromatic rings. The smallest absolute Gasteiger partial charge is 0.344 e. The van der Waals surface area contributed by atoms with E-state index in [4.69, 9.17) is 9.47 Å². The number of pyridine rings is 1. The number of carbonyl (C=O) groups is 1. The molecule has 20 heavy (non-hydrogen) atoms. The number of hydrogen-bond donors (Lipinski definition) is 0. The largest absolute Gasteiger partial charge is 0.618 e. The Bertz CT molecular complexity index is 584. The summed E-state index contributed by atoms with van der Waals surface area (Å²) in [6.45, 7) is 1.67. The van der Waals surface area contributed by atoms with Crippen LogP contribution in [0.25, 0.3) is 0 Å². The lowest BCUT2D eigenvalue weighted by Gasteiger charge is -2.07. The van der Waals surface area contributed by atoms with Gasteiger partial charge in [-0.15, -0.1) is 0 Å². The maximum absolute atomic E-state index is 11.5. The first-order chi connectivity index (χ1) is 9.65. The molecule has 1 heterocycles. The fourth-order valence-electron chi connectivity index (χ4n) is 1.54. The Labute approximate surface area is 117 Å². The predicted molar refractivity (Wildman–Crippen MR) is 71.9 cm³/mol. The van der Waals surface area contributed by atoms with Gasteiger partial charge >= 0.3 is 5.97 Å². The number of ether oxygens (including phenoxy) is 2. The third-order valence-electron chi connectivity index (χ3n) is 2.68. The second kappa shape index (κ2) is 6.56. The van der Waals surface area contributed by atoms with Gasteiger partial charge in [-0.3, -0.25) is 0 Å². The summed E-state index contributed by atoms with van der Waals surface area (Å²) in [7, 11) is 0. The van der Waals surface area contributed by atoms with E-state index in [0.717, 1.165) is 5.56 Å². The minimum absolute atomic E-state index is 0.207. The topological polar surface area (TPSA) is 62.5 Å². The van der Waals surface area contributed by atoms with Crippen LogP contribution >= 0.6 is 0 Å². The van der Waals surface area contributed by atoms with Crippen LogP contribution < -0.4 is 9.47 Å². The molecule has 104 valence electrons. The van der Waals surface area contributed by atoms with Crippen LogP contribution in [-0.2, 0) is 16.1 Å². The highest BCUT2D eigenvalue weighted by molar-refractivity contribution is 5.71. The summed E-state index contributed by atoms with van der Waals surface area (Å²) >= 11 is 0. The average Bonchev–Trinajstić information content (AvgIpc) is 2.47. The molecule has 0 aliphatic rings. The van der Waals surface area contributed by atoms with Crippen LogP contribution in [-0.4, -0.2) is 12.6 Å². The zero-order chi connectivity index (χ0) is 14.4. The summed E-state index contributed by atoms with van der Waals surface area (Å²) in [6.07, 6.45) is 1.28. The van der Waals surface area contributed by atoms with Crippen molar-refractivity contribution in [2.24, 2.45) is 0 Å². The van der Waals surface area contributed by atoms with Crippen LogP contribution in [0.5, 0.6) is 5.75 Å². The van der Waals surface area contributed by atoms with Crippen molar-refractivity contribution in [3.8, 4) is 5.75 Å². The molecule has 0 aliphatic heterocycles. The minimum Gasteiger partial charge on any atom is -0.618 e. The predicted octanol–water partition coefficient (Wildman–Crippen LogP) is 1.75. The number of carbonyl (C=O) groups excluding carboxylic acids is 1. The first-order valence-electron chi connectivity index (χ1n) is 6.17. The summed E-state index contributed by atoms with van der Waals surface area (Å²) in [5, 5.41) is 11.3. The Morgan fingerprint density at radius 3 is 2.65 bits per heavy atom. The first-order valence-corrected chi connectivity index (χ1v) is 6.17. The molecular formula is C15H15NO4. The summed E-state index contributed by atoms with van der Waals surface area (Å²) in [6, 6.07) is 12.6. The molecule has 0 spiro atoms. The fraction of sp³-hybridized carbons (Fsp3) is 0.200. The lowest BCUT2D eigenvalue weighted by atomic mass is 10.2. The molecule has 0 saturated carbocycles. The number of aryl methyl sites for hydroxylation is 1. The van der Waals surface area contributed by atoms with Crippen molar-refractivity contribution in [2.75, 3.05) is 6.61 Å². The monoisotopic (exact) mass is 273 g/mol. The Hall–Kier alpha value is -2.56. The zero-order valence-corrected chi connectivity index (χ0v) is 11.1. The van der Waals surface area contributed by atoms with E-state index in [-0.39, 0.29) is 13.2 Å². The molecular weight excluding hydrogens is 258 g/mol. The van der Waals surface area contributed by atoms with Gasteiger partial charge in [-0.25, -0.2) is 4.79 Å². The molecule has 0 N–H and O–H groups in total. The average molecular weight is 273 g/mol. The van der Waals surface area contributed by atoms with Crippen LogP contribution in [0.2, 0.25) is 0 Å². The summed E-state index contributed by atoms with van der Waals surface area (Å²) in [5.41, 5.74) is 1.47. The normalized spacial score (nSPS) is 10.1. The number of rotatable bonds is 5. The molecule has 1 aromatic heterocycles. The van der Waals surface area contributed by atoms with Crippen molar-refractivity contribution >= 4 is 5.97 Å². The highest BCUT2D eigenvalue weighted by Crippen LogP contribution is 2.07. The second-order valence-electron chi connectivity index (χ2n) is 4.27. The van der Waals surface area contributed by atoms with Gasteiger partial charge < -0.3 is 14.7 Å². The van der Waals surface area contributed by atoms with E-state index in [1.807, 2.05) is 30.3 Å². The van der Waals surface area contributed by atoms with E-state index in [9.17, 15) is 10.0 Å². The SMILES string of the molecule is Cc1ccc(OCC(=O)OCc2ccccc2)c[n+]1[O-]. The molecule has 1 aromatic carbocycles. The number of hydrogen-bond acceptors (Lipinski definition) is 4.